The molecule has 0 radical (unpaired) electrons. The molecule has 0 bridgehead atoms. The molecule has 0 saturated carbocycles. The summed E-state index contributed by atoms with van der Waals surface area (Å²) in [4.78, 5) is 15.1. The van der Waals surface area contributed by atoms with Crippen molar-refractivity contribution in [3.8, 4) is 11.4 Å². The summed E-state index contributed by atoms with van der Waals surface area (Å²) in [5, 5.41) is 7.38. The molecule has 3 rings (SSSR count). The second-order valence-corrected chi connectivity index (χ2v) is 4.42. The number of benzene rings is 1. The Balaban J connectivity index is 2.28. The van der Waals surface area contributed by atoms with Crippen LogP contribution in [0.3, 0.4) is 0 Å². The molecular weight excluding hydrogens is 278 g/mol. The first-order valence-corrected chi connectivity index (χ1v) is 6.27. The van der Waals surface area contributed by atoms with E-state index in [1.807, 2.05) is 6.92 Å². The lowest BCUT2D eigenvalue weighted by atomic mass is 10.2. The van der Waals surface area contributed by atoms with Crippen molar-refractivity contribution < 1.29 is 13.6 Å². The van der Waals surface area contributed by atoms with Gasteiger partial charge in [0.1, 0.15) is 11.5 Å². The highest BCUT2D eigenvalue weighted by atomic mass is 19.2. The molecule has 3 aromatic rings. The number of carbonyl (C=O) groups excluding carboxylic acids is 1. The highest BCUT2D eigenvalue weighted by Crippen LogP contribution is 2.26. The van der Waals surface area contributed by atoms with Gasteiger partial charge in [0.2, 0.25) is 0 Å². The summed E-state index contributed by atoms with van der Waals surface area (Å²) >= 11 is 0. The van der Waals surface area contributed by atoms with Crippen LogP contribution in [0.2, 0.25) is 0 Å². The zero-order valence-corrected chi connectivity index (χ0v) is 11.0. The van der Waals surface area contributed by atoms with Crippen LogP contribution in [0.15, 0.2) is 24.4 Å². The first-order valence-electron chi connectivity index (χ1n) is 6.27. The summed E-state index contributed by atoms with van der Waals surface area (Å²) in [5.41, 5.74) is 1.55. The van der Waals surface area contributed by atoms with Crippen molar-refractivity contribution in [1.82, 2.24) is 19.7 Å². The van der Waals surface area contributed by atoms with E-state index >= 15 is 0 Å². The average molecular weight is 288 g/mol. The molecule has 7 heteroatoms. The predicted octanol–water partition coefficient (Wildman–Crippen LogP) is 2.60. The number of hydrogen-bond donors (Lipinski definition) is 0. The smallest absolute Gasteiger partial charge is 0.170 e. The molecule has 0 saturated heterocycles. The summed E-state index contributed by atoms with van der Waals surface area (Å²) in [6.45, 7) is 2.37. The van der Waals surface area contributed by atoms with E-state index in [4.69, 9.17) is 0 Å². The topological polar surface area (TPSA) is 60.7 Å². The lowest BCUT2D eigenvalue weighted by Crippen LogP contribution is -2.00. The standard InChI is InChI=1S/C14H10F2N4O/c1-2-20-13-5-11(16)10(15)4-12(13)18-14(20)8-3-9(7-21)19-17-6-8/h3-7H,2H2,1H3. The minimum absolute atomic E-state index is 0.166. The van der Waals surface area contributed by atoms with Gasteiger partial charge in [-0.1, -0.05) is 0 Å². The van der Waals surface area contributed by atoms with Gasteiger partial charge in [-0.3, -0.25) is 4.79 Å². The Morgan fingerprint density at radius 3 is 2.71 bits per heavy atom. The second-order valence-electron chi connectivity index (χ2n) is 4.42. The Morgan fingerprint density at radius 2 is 2.00 bits per heavy atom. The van der Waals surface area contributed by atoms with E-state index in [0.717, 1.165) is 12.1 Å². The lowest BCUT2D eigenvalue weighted by molar-refractivity contribution is 0.111. The van der Waals surface area contributed by atoms with Gasteiger partial charge in [0.25, 0.3) is 0 Å². The molecule has 21 heavy (non-hydrogen) atoms. The van der Waals surface area contributed by atoms with Crippen molar-refractivity contribution in [2.24, 2.45) is 0 Å². The minimum Gasteiger partial charge on any atom is -0.324 e. The van der Waals surface area contributed by atoms with Crippen molar-refractivity contribution in [3.05, 3.63) is 41.7 Å². The number of nitrogens with zero attached hydrogens (tertiary/aromatic N) is 4. The third-order valence-corrected chi connectivity index (χ3v) is 3.16. The number of aldehydes is 1. The van der Waals surface area contributed by atoms with Crippen LogP contribution in [-0.2, 0) is 6.54 Å². The zero-order valence-electron chi connectivity index (χ0n) is 11.0. The Labute approximate surface area is 118 Å². The van der Waals surface area contributed by atoms with E-state index in [1.165, 1.54) is 12.3 Å². The van der Waals surface area contributed by atoms with Gasteiger partial charge in [0, 0.05) is 24.2 Å². The number of aryl methyl sites for hydroxylation is 1. The fraction of sp³-hybridized carbons (Fsp3) is 0.143. The van der Waals surface area contributed by atoms with Crippen LogP contribution in [0, 0.1) is 11.6 Å². The first kappa shape index (κ1) is 13.3. The molecule has 0 amide bonds. The van der Waals surface area contributed by atoms with Crippen molar-refractivity contribution in [3.63, 3.8) is 0 Å². The third-order valence-electron chi connectivity index (χ3n) is 3.16. The van der Waals surface area contributed by atoms with Crippen molar-refractivity contribution >= 4 is 17.3 Å². The molecule has 0 fully saturated rings. The molecule has 0 aliphatic heterocycles. The summed E-state index contributed by atoms with van der Waals surface area (Å²) in [7, 11) is 0. The highest BCUT2D eigenvalue weighted by molar-refractivity contribution is 5.82. The molecule has 0 N–H and O–H groups in total. The van der Waals surface area contributed by atoms with Crippen LogP contribution in [-0.4, -0.2) is 26.0 Å². The SMILES string of the molecule is CCn1c(-c2cnnc(C=O)c2)nc2cc(F)c(F)cc21. The molecule has 5 nitrogen and oxygen atoms in total. The minimum atomic E-state index is -0.948. The quantitative estimate of drug-likeness (QED) is 0.695. The second kappa shape index (κ2) is 5.01. The first-order chi connectivity index (χ1) is 10.1. The van der Waals surface area contributed by atoms with Crippen LogP contribution in [0.5, 0.6) is 0 Å². The number of carbonyl (C=O) groups is 1. The highest BCUT2D eigenvalue weighted by Gasteiger charge is 2.15. The van der Waals surface area contributed by atoms with Gasteiger partial charge in [-0.05, 0) is 13.0 Å². The van der Waals surface area contributed by atoms with Gasteiger partial charge in [-0.15, -0.1) is 5.10 Å². The Morgan fingerprint density at radius 1 is 1.24 bits per heavy atom. The Hall–Kier alpha value is -2.70. The number of aromatic nitrogens is 4. The monoisotopic (exact) mass is 288 g/mol. The number of hydrogen-bond acceptors (Lipinski definition) is 4. The molecule has 2 aromatic heterocycles. The van der Waals surface area contributed by atoms with E-state index in [0.29, 0.717) is 35.3 Å². The predicted molar refractivity (Wildman–Crippen MR) is 71.7 cm³/mol. The molecule has 0 atom stereocenters. The maximum atomic E-state index is 13.4. The van der Waals surface area contributed by atoms with Crippen molar-refractivity contribution in [2.45, 2.75) is 13.5 Å². The number of fused-ring (bicyclic) bond motifs is 1. The molecule has 0 aliphatic rings. The number of imidazole rings is 1. The van der Waals surface area contributed by atoms with Crippen molar-refractivity contribution in [1.29, 1.82) is 0 Å². The van der Waals surface area contributed by atoms with E-state index in [9.17, 15) is 13.6 Å². The summed E-state index contributed by atoms with van der Waals surface area (Å²) in [6, 6.07) is 3.69. The van der Waals surface area contributed by atoms with Crippen LogP contribution < -0.4 is 0 Å². The lowest BCUT2D eigenvalue weighted by Gasteiger charge is -2.05. The fourth-order valence-electron chi connectivity index (χ4n) is 2.22. The third kappa shape index (κ3) is 2.16. The van der Waals surface area contributed by atoms with Gasteiger partial charge in [0.05, 0.1) is 17.2 Å². The summed E-state index contributed by atoms with van der Waals surface area (Å²) < 4.78 is 28.5. The molecular formula is C14H10F2N4O. The van der Waals surface area contributed by atoms with Crippen molar-refractivity contribution in [2.75, 3.05) is 0 Å². The largest absolute Gasteiger partial charge is 0.324 e. The summed E-state index contributed by atoms with van der Waals surface area (Å²) in [5.74, 6) is -1.39. The van der Waals surface area contributed by atoms with Crippen LogP contribution >= 0.6 is 0 Å². The van der Waals surface area contributed by atoms with Crippen LogP contribution in [0.25, 0.3) is 22.4 Å². The van der Waals surface area contributed by atoms with Crippen LogP contribution in [0.1, 0.15) is 17.4 Å². The van der Waals surface area contributed by atoms with Gasteiger partial charge in [0.15, 0.2) is 17.9 Å². The maximum absolute atomic E-state index is 13.4. The molecule has 0 spiro atoms. The zero-order chi connectivity index (χ0) is 15.0. The van der Waals surface area contributed by atoms with Gasteiger partial charge in [-0.2, -0.15) is 5.10 Å². The Kier molecular flexibility index (Phi) is 3.17. The van der Waals surface area contributed by atoms with E-state index in [2.05, 4.69) is 15.2 Å². The van der Waals surface area contributed by atoms with E-state index in [1.54, 1.807) is 4.57 Å². The fourth-order valence-corrected chi connectivity index (χ4v) is 2.22. The number of rotatable bonds is 3. The molecule has 2 heterocycles. The van der Waals surface area contributed by atoms with E-state index in [-0.39, 0.29) is 5.69 Å². The molecule has 0 aliphatic carbocycles. The molecule has 0 unspecified atom stereocenters. The van der Waals surface area contributed by atoms with E-state index < -0.39 is 11.6 Å². The normalized spacial score (nSPS) is 11.0. The van der Waals surface area contributed by atoms with Gasteiger partial charge >= 0.3 is 0 Å². The molecule has 1 aromatic carbocycles. The van der Waals surface area contributed by atoms with Gasteiger partial charge in [-0.25, -0.2) is 13.8 Å². The number of halogens is 2. The Bertz CT molecular complexity index is 844. The average Bonchev–Trinajstić information content (AvgIpc) is 2.85. The summed E-state index contributed by atoms with van der Waals surface area (Å²) in [6.07, 6.45) is 2.03. The van der Waals surface area contributed by atoms with Crippen LogP contribution in [0.4, 0.5) is 8.78 Å². The van der Waals surface area contributed by atoms with Gasteiger partial charge < -0.3 is 4.57 Å². The molecule has 106 valence electrons. The maximum Gasteiger partial charge on any atom is 0.170 e.